The summed E-state index contributed by atoms with van der Waals surface area (Å²) in [6, 6.07) is 60.8. The second kappa shape index (κ2) is 16.3. The van der Waals surface area contributed by atoms with Crippen molar-refractivity contribution >= 4 is 53.4 Å². The Balaban J connectivity index is 0.000000153. The van der Waals surface area contributed by atoms with Gasteiger partial charge < -0.3 is 0 Å². The van der Waals surface area contributed by atoms with Crippen LogP contribution in [0.2, 0.25) is 0 Å². The van der Waals surface area contributed by atoms with Crippen molar-refractivity contribution in [1.82, 2.24) is 0 Å². The number of hydrogen-bond donors (Lipinski definition) is 0. The van der Waals surface area contributed by atoms with E-state index in [1.807, 2.05) is 0 Å². The Morgan fingerprint density at radius 3 is 0.935 bits per heavy atom. The predicted molar refractivity (Wildman–Crippen MR) is 199 cm³/mol. The van der Waals surface area contributed by atoms with Crippen molar-refractivity contribution in [1.29, 1.82) is 0 Å². The Morgan fingerprint density at radius 1 is 0.370 bits per heavy atom. The van der Waals surface area contributed by atoms with Gasteiger partial charge in [-0.1, -0.05) is 185 Å². The maximum atomic E-state index is 3.62. The molecule has 220 valence electrons. The molecule has 0 heterocycles. The molecule has 2 aliphatic carbocycles. The van der Waals surface area contributed by atoms with E-state index in [1.54, 1.807) is 0 Å². The molecule has 0 nitrogen and oxygen atoms in total. The molecule has 0 aliphatic heterocycles. The van der Waals surface area contributed by atoms with Crippen LogP contribution in [0.5, 0.6) is 0 Å². The molecule has 0 amide bonds. The molecule has 0 aromatic heterocycles. The molecule has 0 saturated carbocycles. The maximum absolute atomic E-state index is 3.62. The second-order valence-electron chi connectivity index (χ2n) is 10.8. The van der Waals surface area contributed by atoms with E-state index in [1.165, 1.54) is 67.7 Å². The molecule has 2 atom stereocenters. The summed E-state index contributed by atoms with van der Waals surface area (Å²) in [6.45, 7) is 0. The van der Waals surface area contributed by atoms with Gasteiger partial charge >= 0.3 is 28.4 Å². The van der Waals surface area contributed by atoms with Crippen molar-refractivity contribution in [3.63, 3.8) is 0 Å². The Bertz CT molecular complexity index is 1670. The first-order chi connectivity index (χ1) is 22.9. The van der Waals surface area contributed by atoms with Gasteiger partial charge in [-0.2, -0.15) is 11.1 Å². The average molecular weight is 704 g/mol. The molecule has 0 fully saturated rings. The number of rotatable bonds is 6. The van der Waals surface area contributed by atoms with Gasteiger partial charge in [-0.3, -0.25) is 12.2 Å². The van der Waals surface area contributed by atoms with Crippen LogP contribution in [-0.4, -0.2) is 4.21 Å². The monoisotopic (exact) mass is 702 g/mol. The van der Waals surface area contributed by atoms with Crippen molar-refractivity contribution in [3.05, 3.63) is 204 Å². The number of benzene rings is 6. The zero-order chi connectivity index (χ0) is 31.6. The third kappa shape index (κ3) is 7.35. The molecule has 2 aliphatic rings. The van der Waals surface area contributed by atoms with Gasteiger partial charge in [0, 0.05) is 0 Å². The molecule has 0 saturated heterocycles. The van der Waals surface area contributed by atoms with Gasteiger partial charge in [0.05, 0.1) is 0 Å². The van der Waals surface area contributed by atoms with Crippen molar-refractivity contribution < 1.29 is 24.2 Å². The zero-order valence-electron chi connectivity index (χ0n) is 25.6. The zero-order valence-corrected chi connectivity index (χ0v) is 29.8. The van der Waals surface area contributed by atoms with Crippen molar-refractivity contribution in [2.45, 2.75) is 11.3 Å². The summed E-state index contributed by atoms with van der Waals surface area (Å²) in [5.74, 6) is 0. The molecule has 2 unspecified atom stereocenters. The average Bonchev–Trinajstić information content (AvgIpc) is 3.77. The van der Waals surface area contributed by atoms with E-state index in [9.17, 15) is 0 Å². The summed E-state index contributed by atoms with van der Waals surface area (Å²) >= 11 is 1.30. The van der Waals surface area contributed by atoms with Gasteiger partial charge in [0.1, 0.15) is 0 Å². The Morgan fingerprint density at radius 2 is 0.630 bits per heavy atom. The van der Waals surface area contributed by atoms with Crippen LogP contribution in [-0.2, 0) is 24.2 Å². The number of fused-ring (bicyclic) bond motifs is 2. The Hall–Kier alpha value is -3.59. The summed E-state index contributed by atoms with van der Waals surface area (Å²) in [7, 11) is -0.962. The van der Waals surface area contributed by atoms with Crippen LogP contribution in [0.3, 0.4) is 0 Å². The molecule has 0 N–H and O–H groups in total. The fourth-order valence-electron chi connectivity index (χ4n) is 5.98. The van der Waals surface area contributed by atoms with E-state index in [2.05, 4.69) is 198 Å². The van der Waals surface area contributed by atoms with Gasteiger partial charge in [-0.15, -0.1) is 23.3 Å². The molecule has 6 aromatic rings. The third-order valence-corrected chi connectivity index (χ3v) is 13.3. The Labute approximate surface area is 291 Å². The van der Waals surface area contributed by atoms with E-state index in [0.29, 0.717) is 11.3 Å². The summed E-state index contributed by atoms with van der Waals surface area (Å²) in [5, 5.41) is 5.63. The van der Waals surface area contributed by atoms with Crippen molar-refractivity contribution in [2.75, 3.05) is 0 Å². The van der Waals surface area contributed by atoms with Crippen molar-refractivity contribution in [3.8, 4) is 0 Å². The summed E-state index contributed by atoms with van der Waals surface area (Å²) in [4.78, 5) is 0. The van der Waals surface area contributed by atoms with Gasteiger partial charge in [-0.25, -0.2) is 12.2 Å². The first-order valence-corrected chi connectivity index (χ1v) is 19.9. The van der Waals surface area contributed by atoms with E-state index < -0.39 is 15.8 Å². The molecule has 0 radical (unpaired) electrons. The summed E-state index contributed by atoms with van der Waals surface area (Å²) in [5.41, 5.74) is 6.12. The molecule has 6 aromatic carbocycles. The van der Waals surface area contributed by atoms with E-state index >= 15 is 0 Å². The molecular formula is C43H34P2Zr. The minimum absolute atomic E-state index is 0.344. The van der Waals surface area contributed by atoms with Crippen LogP contribution in [0, 0.1) is 12.2 Å². The first kappa shape index (κ1) is 32.4. The third-order valence-electron chi connectivity index (χ3n) is 8.03. The molecule has 0 spiro atoms. The molecule has 3 heteroatoms. The fourth-order valence-corrected chi connectivity index (χ4v) is 11.2. The standard InChI is InChI=1S/2C21H16P.CH2.Zr/c2*1-3-10-18(11-4-1)22(19-12-5-2-6-13-19)21-16-15-17-9-7-8-14-20(17)21;;/h2*1-15,21H;1H2;/q2*-1;;+2. The topological polar surface area (TPSA) is 0 Å². The van der Waals surface area contributed by atoms with Gasteiger partial charge in [0.15, 0.2) is 0 Å². The molecular weight excluding hydrogens is 670 g/mol. The SMILES string of the molecule is [C-]1=Cc2ccccc2C1P(c1ccccc1)c1ccccc1.[C-]1=Cc2ccccc2C1P(c1ccccc1)c1ccccc1.[CH2]=[Zr+2]. The van der Waals surface area contributed by atoms with E-state index in [-0.39, 0.29) is 0 Å². The quantitative estimate of drug-likeness (QED) is 0.120. The van der Waals surface area contributed by atoms with Crippen LogP contribution in [0.4, 0.5) is 0 Å². The van der Waals surface area contributed by atoms with E-state index in [4.69, 9.17) is 0 Å². The normalized spacial score (nSPS) is 15.4. The van der Waals surface area contributed by atoms with E-state index in [0.717, 1.165) is 0 Å². The van der Waals surface area contributed by atoms with Crippen LogP contribution in [0.15, 0.2) is 170 Å². The minimum atomic E-state index is -0.481. The first-order valence-electron chi connectivity index (χ1n) is 15.4. The molecule has 46 heavy (non-hydrogen) atoms. The van der Waals surface area contributed by atoms with Crippen LogP contribution in [0.1, 0.15) is 33.6 Å². The molecule has 8 rings (SSSR count). The predicted octanol–water partition coefficient (Wildman–Crippen LogP) is 9.35. The molecule has 0 bridgehead atoms. The van der Waals surface area contributed by atoms with Gasteiger partial charge in [0.2, 0.25) is 0 Å². The van der Waals surface area contributed by atoms with Crippen molar-refractivity contribution in [2.24, 2.45) is 0 Å². The summed E-state index contributed by atoms with van der Waals surface area (Å²) in [6.07, 6.45) is 11.6. The van der Waals surface area contributed by atoms with Crippen LogP contribution in [0.25, 0.3) is 12.2 Å². The second-order valence-corrected chi connectivity index (χ2v) is 15.3. The van der Waals surface area contributed by atoms with Gasteiger partial charge in [-0.05, 0) is 21.2 Å². The fraction of sp³-hybridized carbons (Fsp3) is 0.0465. The van der Waals surface area contributed by atoms with Crippen LogP contribution < -0.4 is 21.2 Å². The Kier molecular flexibility index (Phi) is 11.5. The summed E-state index contributed by atoms with van der Waals surface area (Å²) < 4.78 is 3.34. The van der Waals surface area contributed by atoms with Gasteiger partial charge in [0.25, 0.3) is 0 Å². The van der Waals surface area contributed by atoms with Crippen LogP contribution >= 0.6 is 15.8 Å². The number of hydrogen-bond acceptors (Lipinski definition) is 0. The number of allylic oxidation sites excluding steroid dienone is 2.